The minimum Gasteiger partial charge on any atom is -0.320 e. The lowest BCUT2D eigenvalue weighted by molar-refractivity contribution is -0.137. The SMILES string of the molecule is CC[Si](CC)(CC)CCc1ccc(C(F)(F)F)cc1C(=O)Nc1cccc2cccnc12. The topological polar surface area (TPSA) is 42.0 Å². The summed E-state index contributed by atoms with van der Waals surface area (Å²) in [5, 5.41) is 3.65. The van der Waals surface area contributed by atoms with Gasteiger partial charge in [-0.25, -0.2) is 0 Å². The lowest BCUT2D eigenvalue weighted by Crippen LogP contribution is -2.31. The zero-order valence-electron chi connectivity index (χ0n) is 18.7. The van der Waals surface area contributed by atoms with Gasteiger partial charge in [-0.05, 0) is 36.2 Å². The standard InChI is InChI=1S/C25H29F3N2OSi/c1-4-32(5-2,6-3)16-14-18-12-13-20(25(26,27)28)17-21(18)24(31)30-22-11-7-9-19-10-8-15-29-23(19)22/h7-13,15,17H,4-6,14,16H2,1-3H3,(H,30,31). The van der Waals surface area contributed by atoms with Gasteiger partial charge in [0.1, 0.15) is 0 Å². The van der Waals surface area contributed by atoms with Crippen LogP contribution >= 0.6 is 0 Å². The normalized spacial score (nSPS) is 12.2. The molecule has 0 saturated carbocycles. The molecule has 0 aliphatic rings. The third-order valence-electron chi connectivity index (χ3n) is 6.74. The molecule has 3 rings (SSSR count). The van der Waals surface area contributed by atoms with Gasteiger partial charge in [0.2, 0.25) is 0 Å². The number of anilines is 1. The van der Waals surface area contributed by atoms with Gasteiger partial charge in [0.05, 0.1) is 24.8 Å². The van der Waals surface area contributed by atoms with Crippen LogP contribution in [0.2, 0.25) is 24.2 Å². The van der Waals surface area contributed by atoms with Gasteiger partial charge in [-0.1, -0.05) is 69.2 Å². The maximum absolute atomic E-state index is 13.4. The van der Waals surface area contributed by atoms with Crippen molar-refractivity contribution in [2.45, 2.75) is 57.5 Å². The molecule has 0 radical (unpaired) electrons. The van der Waals surface area contributed by atoms with Crippen LogP contribution in [0.4, 0.5) is 18.9 Å². The van der Waals surface area contributed by atoms with Crippen LogP contribution in [0.15, 0.2) is 54.7 Å². The third kappa shape index (κ3) is 5.20. The number of rotatable bonds is 8. The average Bonchev–Trinajstić information content (AvgIpc) is 2.80. The Kier molecular flexibility index (Phi) is 7.39. The molecule has 32 heavy (non-hydrogen) atoms. The number of hydrogen-bond acceptors (Lipinski definition) is 2. The van der Waals surface area contributed by atoms with Crippen molar-refractivity contribution in [3.8, 4) is 0 Å². The first-order chi connectivity index (χ1) is 15.2. The minimum absolute atomic E-state index is 0.0824. The highest BCUT2D eigenvalue weighted by Crippen LogP contribution is 2.33. The van der Waals surface area contributed by atoms with Gasteiger partial charge in [0.25, 0.3) is 5.91 Å². The Balaban J connectivity index is 1.97. The monoisotopic (exact) mass is 458 g/mol. The summed E-state index contributed by atoms with van der Waals surface area (Å²) in [4.78, 5) is 17.5. The van der Waals surface area contributed by atoms with Crippen LogP contribution in [0.25, 0.3) is 10.9 Å². The number of alkyl halides is 3. The molecule has 0 aliphatic carbocycles. The Labute approximate surface area is 188 Å². The highest BCUT2D eigenvalue weighted by molar-refractivity contribution is 6.79. The van der Waals surface area contributed by atoms with E-state index in [0.29, 0.717) is 23.2 Å². The van der Waals surface area contributed by atoms with Crippen LogP contribution < -0.4 is 5.32 Å². The van der Waals surface area contributed by atoms with E-state index in [1.165, 1.54) is 6.07 Å². The molecule has 170 valence electrons. The van der Waals surface area contributed by atoms with E-state index in [9.17, 15) is 18.0 Å². The average molecular weight is 459 g/mol. The largest absolute Gasteiger partial charge is 0.416 e. The third-order valence-corrected chi connectivity index (χ3v) is 12.5. The Hall–Kier alpha value is -2.67. The number of nitrogens with zero attached hydrogens (tertiary/aromatic N) is 1. The molecular formula is C25H29F3N2OSi. The van der Waals surface area contributed by atoms with E-state index in [4.69, 9.17) is 0 Å². The molecular weight excluding hydrogens is 429 g/mol. The van der Waals surface area contributed by atoms with Crippen molar-refractivity contribution >= 4 is 30.6 Å². The fourth-order valence-corrected chi connectivity index (χ4v) is 7.62. The molecule has 0 fully saturated rings. The van der Waals surface area contributed by atoms with Crippen molar-refractivity contribution in [1.29, 1.82) is 0 Å². The van der Waals surface area contributed by atoms with E-state index < -0.39 is 25.7 Å². The number of aryl methyl sites for hydroxylation is 1. The van der Waals surface area contributed by atoms with E-state index in [2.05, 4.69) is 31.1 Å². The van der Waals surface area contributed by atoms with E-state index in [1.807, 2.05) is 12.1 Å². The van der Waals surface area contributed by atoms with Gasteiger partial charge in [-0.2, -0.15) is 13.2 Å². The number of pyridine rings is 1. The molecule has 3 aromatic rings. The van der Waals surface area contributed by atoms with Crippen molar-refractivity contribution in [2.24, 2.45) is 0 Å². The second-order valence-corrected chi connectivity index (χ2v) is 13.9. The molecule has 1 heterocycles. The van der Waals surface area contributed by atoms with E-state index in [-0.39, 0.29) is 5.56 Å². The molecule has 0 bridgehead atoms. The Morgan fingerprint density at radius 2 is 1.69 bits per heavy atom. The zero-order chi connectivity index (χ0) is 23.4. The van der Waals surface area contributed by atoms with Crippen molar-refractivity contribution in [1.82, 2.24) is 4.98 Å². The van der Waals surface area contributed by atoms with Crippen molar-refractivity contribution in [2.75, 3.05) is 5.32 Å². The molecule has 0 unspecified atom stereocenters. The molecule has 2 aromatic carbocycles. The number of aromatic nitrogens is 1. The van der Waals surface area contributed by atoms with Gasteiger partial charge in [-0.15, -0.1) is 0 Å². The van der Waals surface area contributed by atoms with Crippen LogP contribution in [0.3, 0.4) is 0 Å². The van der Waals surface area contributed by atoms with Crippen molar-refractivity contribution in [3.05, 3.63) is 71.4 Å². The fraction of sp³-hybridized carbons (Fsp3) is 0.360. The number of carbonyl (C=O) groups is 1. The van der Waals surface area contributed by atoms with Gasteiger partial charge < -0.3 is 5.32 Å². The predicted molar refractivity (Wildman–Crippen MR) is 127 cm³/mol. The molecule has 0 saturated heterocycles. The van der Waals surface area contributed by atoms with E-state index in [0.717, 1.165) is 41.7 Å². The van der Waals surface area contributed by atoms with Crippen LogP contribution in [0.5, 0.6) is 0 Å². The summed E-state index contributed by atoms with van der Waals surface area (Å²) in [5.74, 6) is -0.541. The predicted octanol–water partition coefficient (Wildman–Crippen LogP) is 7.56. The van der Waals surface area contributed by atoms with Crippen LogP contribution in [0.1, 0.15) is 42.3 Å². The van der Waals surface area contributed by atoms with E-state index in [1.54, 1.807) is 24.4 Å². The number of hydrogen-bond donors (Lipinski definition) is 1. The lowest BCUT2D eigenvalue weighted by Gasteiger charge is -2.28. The fourth-order valence-electron chi connectivity index (χ4n) is 4.26. The van der Waals surface area contributed by atoms with Gasteiger partial charge >= 0.3 is 6.18 Å². The van der Waals surface area contributed by atoms with Gasteiger partial charge in [0, 0.05) is 17.1 Å². The molecule has 0 aliphatic heterocycles. The summed E-state index contributed by atoms with van der Waals surface area (Å²) in [6.45, 7) is 6.60. The molecule has 3 nitrogen and oxygen atoms in total. The maximum Gasteiger partial charge on any atom is 0.416 e. The molecule has 0 spiro atoms. The number of carbonyl (C=O) groups excluding carboxylic acids is 1. The molecule has 0 atom stereocenters. The minimum atomic E-state index is -4.51. The number of nitrogens with one attached hydrogen (secondary N) is 1. The zero-order valence-corrected chi connectivity index (χ0v) is 19.7. The summed E-state index contributed by atoms with van der Waals surface area (Å²) in [7, 11) is -1.48. The second kappa shape index (κ2) is 9.86. The number of halogens is 3. The lowest BCUT2D eigenvalue weighted by atomic mass is 10.0. The Morgan fingerprint density at radius 3 is 2.34 bits per heavy atom. The molecule has 1 amide bonds. The first-order valence-corrected chi connectivity index (χ1v) is 13.9. The highest BCUT2D eigenvalue weighted by Gasteiger charge is 2.32. The summed E-state index contributed by atoms with van der Waals surface area (Å²) < 4.78 is 40.2. The molecule has 1 N–H and O–H groups in total. The van der Waals surface area contributed by atoms with Crippen LogP contribution in [-0.2, 0) is 12.6 Å². The summed E-state index contributed by atoms with van der Waals surface area (Å²) >= 11 is 0. The summed E-state index contributed by atoms with van der Waals surface area (Å²) in [6.07, 6.45) is -2.28. The maximum atomic E-state index is 13.4. The second-order valence-electron chi connectivity index (χ2n) is 8.27. The Morgan fingerprint density at radius 1 is 1.00 bits per heavy atom. The molecule has 7 heteroatoms. The smallest absolute Gasteiger partial charge is 0.320 e. The first-order valence-electron chi connectivity index (χ1n) is 11.1. The quantitative estimate of drug-likeness (QED) is 0.354. The first kappa shape index (κ1) is 24.0. The van der Waals surface area contributed by atoms with Gasteiger partial charge in [0.15, 0.2) is 0 Å². The number of benzene rings is 2. The van der Waals surface area contributed by atoms with Crippen LogP contribution in [0, 0.1) is 0 Å². The molecule has 1 aromatic heterocycles. The van der Waals surface area contributed by atoms with E-state index >= 15 is 0 Å². The van der Waals surface area contributed by atoms with Crippen LogP contribution in [-0.4, -0.2) is 19.0 Å². The number of fused-ring (bicyclic) bond motifs is 1. The highest BCUT2D eigenvalue weighted by atomic mass is 28.3. The number of amides is 1. The summed E-state index contributed by atoms with van der Waals surface area (Å²) in [5.41, 5.74) is 1.02. The van der Waals surface area contributed by atoms with Crippen molar-refractivity contribution < 1.29 is 18.0 Å². The Bertz CT molecular complexity index is 1080. The van der Waals surface area contributed by atoms with Crippen molar-refractivity contribution in [3.63, 3.8) is 0 Å². The van der Waals surface area contributed by atoms with Gasteiger partial charge in [-0.3, -0.25) is 9.78 Å². The summed E-state index contributed by atoms with van der Waals surface area (Å²) in [6, 6.07) is 16.9. The number of para-hydroxylation sites is 1.